The lowest BCUT2D eigenvalue weighted by atomic mass is 10.0. The summed E-state index contributed by atoms with van der Waals surface area (Å²) in [5, 5.41) is 14.9. The number of rotatable bonds is 8. The van der Waals surface area contributed by atoms with Crippen molar-refractivity contribution in [2.45, 2.75) is 45.4 Å². The Morgan fingerprint density at radius 1 is 0.905 bits per heavy atom. The Bertz CT molecular complexity index is 610. The molecule has 0 aromatic heterocycles. The van der Waals surface area contributed by atoms with E-state index in [0.717, 1.165) is 28.6 Å². The van der Waals surface area contributed by atoms with Crippen molar-refractivity contribution in [3.05, 3.63) is 42.0 Å². The van der Waals surface area contributed by atoms with Crippen LogP contribution in [0.3, 0.4) is 0 Å². The normalized spacial score (nSPS) is 10.5. The van der Waals surface area contributed by atoms with E-state index in [4.69, 9.17) is 0 Å². The fourth-order valence-corrected chi connectivity index (χ4v) is 2.68. The maximum absolute atomic E-state index is 9.17. The van der Waals surface area contributed by atoms with Crippen molar-refractivity contribution in [1.29, 1.82) is 5.26 Å². The topological polar surface area (TPSA) is 35.8 Å². The van der Waals surface area contributed by atoms with Crippen LogP contribution in [0.5, 0.6) is 0 Å². The molecular formula is C19H24N2. The number of unbranched alkanes of at least 4 members (excludes halogenated alkanes) is 5. The Balaban J connectivity index is 1.92. The molecular weight excluding hydrogens is 256 g/mol. The second kappa shape index (κ2) is 8.32. The summed E-state index contributed by atoms with van der Waals surface area (Å²) in [6.45, 7) is 3.25. The number of nitriles is 1. The molecule has 0 spiro atoms. The third kappa shape index (κ3) is 4.23. The van der Waals surface area contributed by atoms with Crippen molar-refractivity contribution in [2.75, 3.05) is 11.9 Å². The van der Waals surface area contributed by atoms with E-state index in [-0.39, 0.29) is 0 Å². The van der Waals surface area contributed by atoms with E-state index in [1.807, 2.05) is 30.3 Å². The van der Waals surface area contributed by atoms with Crippen LogP contribution >= 0.6 is 0 Å². The first kappa shape index (κ1) is 15.4. The zero-order chi connectivity index (χ0) is 14.9. The monoisotopic (exact) mass is 280 g/mol. The second-order valence-electron chi connectivity index (χ2n) is 5.51. The van der Waals surface area contributed by atoms with E-state index in [2.05, 4.69) is 24.4 Å². The molecule has 0 saturated carbocycles. The van der Waals surface area contributed by atoms with Gasteiger partial charge >= 0.3 is 0 Å². The van der Waals surface area contributed by atoms with Gasteiger partial charge < -0.3 is 5.32 Å². The summed E-state index contributed by atoms with van der Waals surface area (Å²) in [4.78, 5) is 0. The Hall–Kier alpha value is -2.01. The molecule has 2 heteroatoms. The second-order valence-corrected chi connectivity index (χ2v) is 5.51. The highest BCUT2D eigenvalue weighted by atomic mass is 14.9. The lowest BCUT2D eigenvalue weighted by Gasteiger charge is -2.10. The Morgan fingerprint density at radius 3 is 2.38 bits per heavy atom. The lowest BCUT2D eigenvalue weighted by molar-refractivity contribution is 0.617. The maximum atomic E-state index is 9.17. The minimum absolute atomic E-state index is 0.746. The largest absolute Gasteiger partial charge is 0.385 e. The van der Waals surface area contributed by atoms with Gasteiger partial charge in [0, 0.05) is 23.0 Å². The highest BCUT2D eigenvalue weighted by molar-refractivity contribution is 5.97. The van der Waals surface area contributed by atoms with Crippen molar-refractivity contribution in [2.24, 2.45) is 0 Å². The van der Waals surface area contributed by atoms with Crippen LogP contribution in [0.1, 0.15) is 51.0 Å². The van der Waals surface area contributed by atoms with Gasteiger partial charge in [0.15, 0.2) is 0 Å². The van der Waals surface area contributed by atoms with Crippen LogP contribution in [0.4, 0.5) is 5.69 Å². The minimum atomic E-state index is 0.746. The number of fused-ring (bicyclic) bond motifs is 1. The van der Waals surface area contributed by atoms with E-state index in [1.54, 1.807) is 0 Å². The first-order valence-electron chi connectivity index (χ1n) is 8.02. The molecule has 0 aliphatic rings. The quantitative estimate of drug-likeness (QED) is 0.649. The third-order valence-electron chi connectivity index (χ3n) is 3.89. The molecule has 0 saturated heterocycles. The smallest absolute Gasteiger partial charge is 0.0998 e. The molecule has 2 rings (SSSR count). The summed E-state index contributed by atoms with van der Waals surface area (Å²) in [5.74, 6) is 0. The van der Waals surface area contributed by atoms with Gasteiger partial charge in [-0.05, 0) is 18.6 Å². The first-order valence-corrected chi connectivity index (χ1v) is 8.02. The molecule has 110 valence electrons. The molecule has 0 atom stereocenters. The zero-order valence-corrected chi connectivity index (χ0v) is 12.9. The van der Waals surface area contributed by atoms with Crippen molar-refractivity contribution >= 4 is 16.5 Å². The van der Waals surface area contributed by atoms with Crippen LogP contribution in [0.2, 0.25) is 0 Å². The summed E-state index contributed by atoms with van der Waals surface area (Å²) in [6, 6.07) is 14.3. The van der Waals surface area contributed by atoms with Crippen molar-refractivity contribution in [3.63, 3.8) is 0 Å². The summed E-state index contributed by atoms with van der Waals surface area (Å²) in [6.07, 6.45) is 7.85. The van der Waals surface area contributed by atoms with E-state index in [9.17, 15) is 5.26 Å². The van der Waals surface area contributed by atoms with Crippen LogP contribution in [0.15, 0.2) is 36.4 Å². The SMILES string of the molecule is CCCCCCCCNc1ccc(C#N)c2ccccc12. The van der Waals surface area contributed by atoms with Gasteiger partial charge in [-0.3, -0.25) is 0 Å². The maximum Gasteiger partial charge on any atom is 0.0998 e. The standard InChI is InChI=1S/C19H24N2/c1-2-3-4-5-6-9-14-21-19-13-12-16(15-20)17-10-7-8-11-18(17)19/h7-8,10-13,21H,2-6,9,14H2,1H3. The number of nitrogens with zero attached hydrogens (tertiary/aromatic N) is 1. The van der Waals surface area contributed by atoms with Crippen molar-refractivity contribution in [1.82, 2.24) is 0 Å². The molecule has 21 heavy (non-hydrogen) atoms. The van der Waals surface area contributed by atoms with E-state index in [0.29, 0.717) is 0 Å². The molecule has 0 aliphatic heterocycles. The summed E-state index contributed by atoms with van der Waals surface area (Å²) in [7, 11) is 0. The predicted octanol–water partition coefficient (Wildman–Crippen LogP) is 5.48. The van der Waals surface area contributed by atoms with E-state index < -0.39 is 0 Å². The van der Waals surface area contributed by atoms with Crippen LogP contribution < -0.4 is 5.32 Å². The predicted molar refractivity (Wildman–Crippen MR) is 90.5 cm³/mol. The van der Waals surface area contributed by atoms with E-state index in [1.165, 1.54) is 38.5 Å². The zero-order valence-electron chi connectivity index (χ0n) is 12.9. The van der Waals surface area contributed by atoms with Crippen LogP contribution in [0.25, 0.3) is 10.8 Å². The molecule has 0 heterocycles. The van der Waals surface area contributed by atoms with Gasteiger partial charge in [-0.1, -0.05) is 63.3 Å². The van der Waals surface area contributed by atoms with Gasteiger partial charge in [0.25, 0.3) is 0 Å². The summed E-state index contributed by atoms with van der Waals surface area (Å²) >= 11 is 0. The fourth-order valence-electron chi connectivity index (χ4n) is 2.68. The van der Waals surface area contributed by atoms with Gasteiger partial charge in [0.1, 0.15) is 0 Å². The molecule has 2 nitrogen and oxygen atoms in total. The van der Waals surface area contributed by atoms with Crippen LogP contribution in [-0.4, -0.2) is 6.54 Å². The number of anilines is 1. The number of nitrogens with one attached hydrogen (secondary N) is 1. The van der Waals surface area contributed by atoms with E-state index >= 15 is 0 Å². The van der Waals surface area contributed by atoms with Crippen molar-refractivity contribution in [3.8, 4) is 6.07 Å². The first-order chi connectivity index (χ1) is 10.4. The summed E-state index contributed by atoms with van der Waals surface area (Å²) < 4.78 is 0. The fraction of sp³-hybridized carbons (Fsp3) is 0.421. The van der Waals surface area contributed by atoms with Crippen LogP contribution in [-0.2, 0) is 0 Å². The summed E-state index contributed by atoms with van der Waals surface area (Å²) in [5.41, 5.74) is 1.88. The average molecular weight is 280 g/mol. The van der Waals surface area contributed by atoms with Gasteiger partial charge in [-0.2, -0.15) is 5.26 Å². The lowest BCUT2D eigenvalue weighted by Crippen LogP contribution is -2.02. The van der Waals surface area contributed by atoms with Gasteiger partial charge in [-0.25, -0.2) is 0 Å². The van der Waals surface area contributed by atoms with Gasteiger partial charge in [0.05, 0.1) is 11.6 Å². The Kier molecular flexibility index (Phi) is 6.09. The number of benzene rings is 2. The Morgan fingerprint density at radius 2 is 1.62 bits per heavy atom. The number of hydrogen-bond donors (Lipinski definition) is 1. The Labute approximate surface area is 127 Å². The molecule has 2 aromatic rings. The minimum Gasteiger partial charge on any atom is -0.385 e. The molecule has 2 aromatic carbocycles. The molecule has 0 radical (unpaired) electrons. The van der Waals surface area contributed by atoms with Gasteiger partial charge in [0.2, 0.25) is 0 Å². The number of hydrogen-bond acceptors (Lipinski definition) is 2. The molecule has 0 unspecified atom stereocenters. The van der Waals surface area contributed by atoms with Crippen molar-refractivity contribution < 1.29 is 0 Å². The third-order valence-corrected chi connectivity index (χ3v) is 3.89. The molecule has 0 aliphatic carbocycles. The molecule has 0 amide bonds. The highest BCUT2D eigenvalue weighted by Crippen LogP contribution is 2.26. The highest BCUT2D eigenvalue weighted by Gasteiger charge is 2.04. The van der Waals surface area contributed by atoms with Crippen LogP contribution in [0, 0.1) is 11.3 Å². The average Bonchev–Trinajstić information content (AvgIpc) is 2.54. The van der Waals surface area contributed by atoms with Gasteiger partial charge in [-0.15, -0.1) is 0 Å². The molecule has 1 N–H and O–H groups in total. The molecule has 0 bridgehead atoms. The molecule has 0 fully saturated rings.